The van der Waals surface area contributed by atoms with Crippen molar-refractivity contribution in [1.29, 1.82) is 5.26 Å². The SMILES string of the molecule is N#Cc1cc(Cl)ccc1NC1CCCCCC1N. The number of nitrogens with one attached hydrogen (secondary N) is 1. The topological polar surface area (TPSA) is 61.8 Å². The summed E-state index contributed by atoms with van der Waals surface area (Å²) in [7, 11) is 0. The summed E-state index contributed by atoms with van der Waals surface area (Å²) in [6.45, 7) is 0. The highest BCUT2D eigenvalue weighted by Gasteiger charge is 2.20. The van der Waals surface area contributed by atoms with Crippen LogP contribution in [0.1, 0.15) is 37.7 Å². The Morgan fingerprint density at radius 2 is 2.06 bits per heavy atom. The van der Waals surface area contributed by atoms with Crippen LogP contribution < -0.4 is 11.1 Å². The zero-order valence-electron chi connectivity index (χ0n) is 10.3. The van der Waals surface area contributed by atoms with Gasteiger partial charge in [0.25, 0.3) is 0 Å². The van der Waals surface area contributed by atoms with E-state index in [1.807, 2.05) is 6.07 Å². The second kappa shape index (κ2) is 6.08. The minimum Gasteiger partial charge on any atom is -0.380 e. The van der Waals surface area contributed by atoms with Crippen molar-refractivity contribution in [1.82, 2.24) is 0 Å². The van der Waals surface area contributed by atoms with Gasteiger partial charge in [0.2, 0.25) is 0 Å². The number of anilines is 1. The van der Waals surface area contributed by atoms with Crippen LogP contribution in [0.2, 0.25) is 5.02 Å². The predicted molar refractivity (Wildman–Crippen MR) is 74.6 cm³/mol. The summed E-state index contributed by atoms with van der Waals surface area (Å²) >= 11 is 5.89. The third kappa shape index (κ3) is 3.16. The second-order valence-corrected chi connectivity index (χ2v) is 5.29. The molecule has 2 atom stereocenters. The van der Waals surface area contributed by atoms with Gasteiger partial charge in [0.1, 0.15) is 6.07 Å². The lowest BCUT2D eigenvalue weighted by atomic mass is 10.0. The zero-order valence-corrected chi connectivity index (χ0v) is 11.1. The highest BCUT2D eigenvalue weighted by Crippen LogP contribution is 2.24. The van der Waals surface area contributed by atoms with Crippen LogP contribution >= 0.6 is 11.6 Å². The van der Waals surface area contributed by atoms with Gasteiger partial charge in [0.05, 0.1) is 11.3 Å². The molecule has 3 nitrogen and oxygen atoms in total. The van der Waals surface area contributed by atoms with Gasteiger partial charge in [-0.3, -0.25) is 0 Å². The Morgan fingerprint density at radius 1 is 1.28 bits per heavy atom. The van der Waals surface area contributed by atoms with Gasteiger partial charge in [0, 0.05) is 17.1 Å². The van der Waals surface area contributed by atoms with Gasteiger partial charge in [-0.05, 0) is 31.0 Å². The van der Waals surface area contributed by atoms with Crippen LogP contribution in [0, 0.1) is 11.3 Å². The summed E-state index contributed by atoms with van der Waals surface area (Å²) in [6.07, 6.45) is 5.76. The molecule has 0 bridgehead atoms. The quantitative estimate of drug-likeness (QED) is 0.805. The molecule has 0 saturated heterocycles. The molecule has 0 amide bonds. The number of nitriles is 1. The Hall–Kier alpha value is -1.24. The molecule has 2 unspecified atom stereocenters. The lowest BCUT2D eigenvalue weighted by Crippen LogP contribution is -2.39. The normalized spacial score (nSPS) is 24.1. The van der Waals surface area contributed by atoms with Gasteiger partial charge in [0.15, 0.2) is 0 Å². The number of rotatable bonds is 2. The number of halogens is 1. The van der Waals surface area contributed by atoms with E-state index < -0.39 is 0 Å². The molecule has 0 aliphatic heterocycles. The van der Waals surface area contributed by atoms with Crippen molar-refractivity contribution in [2.75, 3.05) is 5.32 Å². The predicted octanol–water partition coefficient (Wildman–Crippen LogP) is 3.28. The molecule has 96 valence electrons. The maximum absolute atomic E-state index is 9.11. The number of hydrogen-bond acceptors (Lipinski definition) is 3. The van der Waals surface area contributed by atoms with E-state index in [1.165, 1.54) is 19.3 Å². The van der Waals surface area contributed by atoms with Crippen LogP contribution in [0.15, 0.2) is 18.2 Å². The molecule has 4 heteroatoms. The summed E-state index contributed by atoms with van der Waals surface area (Å²) < 4.78 is 0. The van der Waals surface area contributed by atoms with E-state index in [2.05, 4.69) is 11.4 Å². The molecule has 0 aromatic heterocycles. The molecule has 1 aromatic rings. The summed E-state index contributed by atoms with van der Waals surface area (Å²) in [4.78, 5) is 0. The Kier molecular flexibility index (Phi) is 4.46. The molecule has 0 radical (unpaired) electrons. The average molecular weight is 264 g/mol. The molecule has 18 heavy (non-hydrogen) atoms. The van der Waals surface area contributed by atoms with Crippen molar-refractivity contribution in [3.63, 3.8) is 0 Å². The van der Waals surface area contributed by atoms with Gasteiger partial charge in [-0.15, -0.1) is 0 Å². The molecule has 1 aliphatic rings. The van der Waals surface area contributed by atoms with E-state index in [0.29, 0.717) is 10.6 Å². The molecule has 0 spiro atoms. The van der Waals surface area contributed by atoms with Crippen LogP contribution in [0.4, 0.5) is 5.69 Å². The average Bonchev–Trinajstić information content (AvgIpc) is 2.57. The molecule has 1 saturated carbocycles. The fourth-order valence-corrected chi connectivity index (χ4v) is 2.62. The lowest BCUT2D eigenvalue weighted by molar-refractivity contribution is 0.528. The highest BCUT2D eigenvalue weighted by molar-refractivity contribution is 6.30. The maximum Gasteiger partial charge on any atom is 0.101 e. The molecule has 3 N–H and O–H groups in total. The van der Waals surface area contributed by atoms with E-state index in [-0.39, 0.29) is 12.1 Å². The smallest absolute Gasteiger partial charge is 0.101 e. The largest absolute Gasteiger partial charge is 0.380 e. The minimum atomic E-state index is 0.162. The van der Waals surface area contributed by atoms with Crippen molar-refractivity contribution >= 4 is 17.3 Å². The third-order valence-electron chi connectivity index (χ3n) is 3.51. The van der Waals surface area contributed by atoms with Crippen molar-refractivity contribution in [3.05, 3.63) is 28.8 Å². The molecule has 1 aromatic carbocycles. The van der Waals surface area contributed by atoms with Crippen molar-refractivity contribution in [3.8, 4) is 6.07 Å². The summed E-state index contributed by atoms with van der Waals surface area (Å²) in [6, 6.07) is 7.93. The molecule has 0 heterocycles. The van der Waals surface area contributed by atoms with E-state index in [4.69, 9.17) is 22.6 Å². The first-order valence-corrected chi connectivity index (χ1v) is 6.80. The summed E-state index contributed by atoms with van der Waals surface area (Å²) in [5.74, 6) is 0. The monoisotopic (exact) mass is 263 g/mol. The maximum atomic E-state index is 9.11. The fourth-order valence-electron chi connectivity index (χ4n) is 2.45. The standard InChI is InChI=1S/C14H18ClN3/c15-11-6-7-13(10(8-11)9-16)18-14-5-3-1-2-4-12(14)17/h6-8,12,14,18H,1-5,17H2. The zero-order chi connectivity index (χ0) is 13.0. The van der Waals surface area contributed by atoms with Gasteiger partial charge in [-0.25, -0.2) is 0 Å². The first-order valence-electron chi connectivity index (χ1n) is 6.42. The second-order valence-electron chi connectivity index (χ2n) is 4.85. The molecular weight excluding hydrogens is 246 g/mol. The Balaban J connectivity index is 2.15. The Bertz CT molecular complexity index is 453. The van der Waals surface area contributed by atoms with E-state index in [9.17, 15) is 0 Å². The number of hydrogen-bond donors (Lipinski definition) is 2. The van der Waals surface area contributed by atoms with Crippen LogP contribution in [0.25, 0.3) is 0 Å². The van der Waals surface area contributed by atoms with E-state index in [1.54, 1.807) is 12.1 Å². The van der Waals surface area contributed by atoms with Crippen LogP contribution in [0.3, 0.4) is 0 Å². The van der Waals surface area contributed by atoms with Crippen molar-refractivity contribution in [2.24, 2.45) is 5.73 Å². The summed E-state index contributed by atoms with van der Waals surface area (Å²) in [5, 5.41) is 13.1. The Morgan fingerprint density at radius 3 is 2.83 bits per heavy atom. The van der Waals surface area contributed by atoms with Crippen LogP contribution in [-0.4, -0.2) is 12.1 Å². The van der Waals surface area contributed by atoms with Gasteiger partial charge in [-0.1, -0.05) is 30.9 Å². The van der Waals surface area contributed by atoms with Crippen LogP contribution in [-0.2, 0) is 0 Å². The summed E-state index contributed by atoms with van der Waals surface area (Å²) in [5.41, 5.74) is 7.60. The molecule has 2 rings (SSSR count). The number of nitrogens with zero attached hydrogens (tertiary/aromatic N) is 1. The fraction of sp³-hybridized carbons (Fsp3) is 0.500. The van der Waals surface area contributed by atoms with Gasteiger partial charge < -0.3 is 11.1 Å². The van der Waals surface area contributed by atoms with Crippen LogP contribution in [0.5, 0.6) is 0 Å². The third-order valence-corrected chi connectivity index (χ3v) is 3.75. The van der Waals surface area contributed by atoms with Crippen molar-refractivity contribution < 1.29 is 0 Å². The molecule has 1 fully saturated rings. The minimum absolute atomic E-state index is 0.162. The Labute approximate surface area is 113 Å². The molecular formula is C14H18ClN3. The highest BCUT2D eigenvalue weighted by atomic mass is 35.5. The van der Waals surface area contributed by atoms with E-state index >= 15 is 0 Å². The first kappa shape index (κ1) is 13.2. The first-order chi connectivity index (χ1) is 8.70. The van der Waals surface area contributed by atoms with Gasteiger partial charge >= 0.3 is 0 Å². The number of benzene rings is 1. The number of nitrogens with two attached hydrogens (primary N) is 1. The van der Waals surface area contributed by atoms with Crippen molar-refractivity contribution in [2.45, 2.75) is 44.2 Å². The van der Waals surface area contributed by atoms with Gasteiger partial charge in [-0.2, -0.15) is 5.26 Å². The lowest BCUT2D eigenvalue weighted by Gasteiger charge is -2.24. The van der Waals surface area contributed by atoms with E-state index in [0.717, 1.165) is 18.5 Å². The molecule has 1 aliphatic carbocycles.